The number of amides is 1. The highest BCUT2D eigenvalue weighted by Crippen LogP contribution is 2.35. The second-order valence-corrected chi connectivity index (χ2v) is 8.18. The number of aliphatic hydroxyl groups is 1. The lowest BCUT2D eigenvalue weighted by atomic mass is 10.2. The number of anilines is 1. The Bertz CT molecular complexity index is 1240. The number of hydrogen-bond donors (Lipinski definition) is 1. The lowest BCUT2D eigenvalue weighted by Crippen LogP contribution is -2.34. The van der Waals surface area contributed by atoms with Gasteiger partial charge in [-0.3, -0.25) is 19.4 Å². The summed E-state index contributed by atoms with van der Waals surface area (Å²) in [7, 11) is 1.50. The first kappa shape index (κ1) is 27.2. The summed E-state index contributed by atoms with van der Waals surface area (Å²) in [5, 5.41) is 19.9. The van der Waals surface area contributed by atoms with Gasteiger partial charge in [0.25, 0.3) is 0 Å². The first-order valence-electron chi connectivity index (χ1n) is 10.8. The van der Waals surface area contributed by atoms with Crippen LogP contribution in [0.4, 0.5) is 23.2 Å². The third-order valence-electron chi connectivity index (χ3n) is 5.40. The van der Waals surface area contributed by atoms with Crippen LogP contribution in [0.5, 0.6) is 5.75 Å². The van der Waals surface area contributed by atoms with E-state index in [1.807, 2.05) is 0 Å². The summed E-state index contributed by atoms with van der Waals surface area (Å²) in [6.45, 7) is 2.10. The topological polar surface area (TPSA) is 83.2 Å². The second-order valence-electron chi connectivity index (χ2n) is 7.78. The first-order chi connectivity index (χ1) is 17.0. The van der Waals surface area contributed by atoms with Gasteiger partial charge in [-0.25, -0.2) is 4.39 Å². The summed E-state index contributed by atoms with van der Waals surface area (Å²) in [5.41, 5.74) is 0.603. The Morgan fingerprint density at radius 3 is 2.67 bits per heavy atom. The van der Waals surface area contributed by atoms with E-state index in [4.69, 9.17) is 16.3 Å². The number of alkyl halides is 3. The molecule has 0 saturated carbocycles. The van der Waals surface area contributed by atoms with Crippen molar-refractivity contribution < 1.29 is 32.2 Å². The Morgan fingerprint density at radius 1 is 1.36 bits per heavy atom. The molecule has 13 heteroatoms. The van der Waals surface area contributed by atoms with Crippen molar-refractivity contribution in [2.24, 2.45) is 5.10 Å². The molecular formula is C23H24ClF4N5O3. The van der Waals surface area contributed by atoms with Gasteiger partial charge in [0.1, 0.15) is 23.7 Å². The van der Waals surface area contributed by atoms with Crippen LogP contribution in [-0.2, 0) is 11.3 Å². The number of rotatable bonds is 9. The number of carbonyl (C=O) groups is 1. The van der Waals surface area contributed by atoms with E-state index in [2.05, 4.69) is 10.2 Å². The van der Waals surface area contributed by atoms with Crippen molar-refractivity contribution in [3.8, 4) is 5.75 Å². The number of fused-ring (bicyclic) bond motifs is 1. The molecule has 0 radical (unpaired) electrons. The third kappa shape index (κ3) is 5.88. The molecule has 0 spiro atoms. The molecule has 1 aromatic heterocycles. The van der Waals surface area contributed by atoms with E-state index in [0.29, 0.717) is 17.5 Å². The smallest absolute Gasteiger partial charge is 0.425 e. The van der Waals surface area contributed by atoms with Crippen LogP contribution in [0, 0.1) is 5.82 Å². The minimum Gasteiger partial charge on any atom is -0.479 e. The van der Waals surface area contributed by atoms with Crippen molar-refractivity contribution in [2.75, 3.05) is 25.2 Å². The number of aliphatic hydroxyl groups excluding tert-OH is 1. The van der Waals surface area contributed by atoms with Crippen LogP contribution in [0.25, 0.3) is 10.9 Å². The average Bonchev–Trinajstić information content (AvgIpc) is 3.23. The van der Waals surface area contributed by atoms with Gasteiger partial charge >= 0.3 is 6.18 Å². The SMILES string of the molecule is CCN(C=O)/C(CO)=N\N(C)c1cc(OC(C)C(F)(F)F)c2c(cnn2Cc2c(F)cccc2Cl)c1. The summed E-state index contributed by atoms with van der Waals surface area (Å²) < 4.78 is 61.0. The molecule has 0 saturated heterocycles. The van der Waals surface area contributed by atoms with Crippen molar-refractivity contribution in [1.82, 2.24) is 14.7 Å². The molecule has 1 amide bonds. The zero-order chi connectivity index (χ0) is 26.6. The van der Waals surface area contributed by atoms with Crippen LogP contribution < -0.4 is 9.75 Å². The van der Waals surface area contributed by atoms with Crippen LogP contribution in [0.15, 0.2) is 41.6 Å². The quantitative estimate of drug-likeness (QED) is 0.146. The Morgan fingerprint density at radius 2 is 2.08 bits per heavy atom. The molecule has 8 nitrogen and oxygen atoms in total. The van der Waals surface area contributed by atoms with E-state index in [-0.39, 0.29) is 40.8 Å². The Kier molecular flexibility index (Phi) is 8.41. The normalized spacial score (nSPS) is 13.1. The minimum absolute atomic E-state index is 0.0334. The minimum atomic E-state index is -4.65. The lowest BCUT2D eigenvalue weighted by Gasteiger charge is -2.23. The standard InChI is InChI=1S/C23H24ClF4N5O3/c1-4-32(13-35)21(12-34)30-31(3)16-8-15-10-29-33(11-17-18(24)6-5-7-19(17)25)22(15)20(9-16)36-14(2)23(26,27)28/h5-10,13-14,34H,4,11-12H2,1-3H3/b30-21-. The number of ether oxygens (including phenoxy) is 1. The molecule has 36 heavy (non-hydrogen) atoms. The van der Waals surface area contributed by atoms with E-state index < -0.39 is 24.7 Å². The van der Waals surface area contributed by atoms with E-state index >= 15 is 0 Å². The van der Waals surface area contributed by atoms with Gasteiger partial charge in [0.2, 0.25) is 6.41 Å². The molecule has 194 valence electrons. The highest BCUT2D eigenvalue weighted by Gasteiger charge is 2.38. The van der Waals surface area contributed by atoms with Crippen molar-refractivity contribution in [3.05, 3.63) is 52.9 Å². The highest BCUT2D eigenvalue weighted by atomic mass is 35.5. The fourth-order valence-electron chi connectivity index (χ4n) is 3.39. The maximum absolute atomic E-state index is 14.4. The molecule has 1 unspecified atom stereocenters. The van der Waals surface area contributed by atoms with Crippen LogP contribution in [0.2, 0.25) is 5.02 Å². The first-order valence-corrected chi connectivity index (χ1v) is 11.2. The molecule has 3 rings (SSSR count). The third-order valence-corrected chi connectivity index (χ3v) is 5.75. The fourth-order valence-corrected chi connectivity index (χ4v) is 3.62. The zero-order valence-electron chi connectivity index (χ0n) is 19.6. The predicted octanol–water partition coefficient (Wildman–Crippen LogP) is 4.43. The number of likely N-dealkylation sites (N-methyl/N-ethyl adjacent to an activating group) is 1. The molecule has 2 aromatic carbocycles. The maximum atomic E-state index is 14.4. The number of carbonyl (C=O) groups excluding carboxylic acids is 1. The van der Waals surface area contributed by atoms with Crippen molar-refractivity contribution in [3.63, 3.8) is 0 Å². The van der Waals surface area contributed by atoms with Crippen LogP contribution >= 0.6 is 11.6 Å². The number of hydrogen-bond acceptors (Lipinski definition) is 6. The van der Waals surface area contributed by atoms with Gasteiger partial charge in [-0.2, -0.15) is 23.4 Å². The van der Waals surface area contributed by atoms with E-state index in [9.17, 15) is 27.5 Å². The van der Waals surface area contributed by atoms with Gasteiger partial charge in [0, 0.05) is 35.6 Å². The maximum Gasteiger partial charge on any atom is 0.425 e. The molecule has 0 fully saturated rings. The largest absolute Gasteiger partial charge is 0.479 e. The van der Waals surface area contributed by atoms with E-state index in [0.717, 1.165) is 6.92 Å². The molecule has 1 N–H and O–H groups in total. The average molecular weight is 530 g/mol. The molecule has 0 bridgehead atoms. The molecule has 0 aliphatic rings. The van der Waals surface area contributed by atoms with E-state index in [1.165, 1.54) is 52.1 Å². The Hall–Kier alpha value is -3.38. The van der Waals surface area contributed by atoms with Crippen molar-refractivity contribution in [1.29, 1.82) is 0 Å². The van der Waals surface area contributed by atoms with Crippen LogP contribution in [-0.4, -0.2) is 64.5 Å². The lowest BCUT2D eigenvalue weighted by molar-refractivity contribution is -0.189. The van der Waals surface area contributed by atoms with Gasteiger partial charge in [-0.1, -0.05) is 17.7 Å². The summed E-state index contributed by atoms with van der Waals surface area (Å²) in [6.07, 6.45) is -4.91. The van der Waals surface area contributed by atoms with Gasteiger partial charge < -0.3 is 9.84 Å². The van der Waals surface area contributed by atoms with Gasteiger partial charge in [0.15, 0.2) is 11.9 Å². The number of aromatic nitrogens is 2. The van der Waals surface area contributed by atoms with Crippen LogP contribution in [0.1, 0.15) is 19.4 Å². The summed E-state index contributed by atoms with van der Waals surface area (Å²) in [5.74, 6) is -0.728. The Balaban J connectivity index is 2.13. The number of amidine groups is 1. The van der Waals surface area contributed by atoms with Gasteiger partial charge in [0.05, 0.1) is 18.4 Å². The van der Waals surface area contributed by atoms with Crippen molar-refractivity contribution >= 4 is 40.4 Å². The van der Waals surface area contributed by atoms with Gasteiger partial charge in [-0.15, -0.1) is 0 Å². The second kappa shape index (κ2) is 11.1. The van der Waals surface area contributed by atoms with Crippen LogP contribution in [0.3, 0.4) is 0 Å². The monoisotopic (exact) mass is 529 g/mol. The number of hydrazone groups is 1. The van der Waals surface area contributed by atoms with E-state index in [1.54, 1.807) is 13.0 Å². The van der Waals surface area contributed by atoms with Crippen molar-refractivity contribution in [2.45, 2.75) is 32.7 Å². The number of benzene rings is 2. The zero-order valence-corrected chi connectivity index (χ0v) is 20.4. The summed E-state index contributed by atoms with van der Waals surface area (Å²) in [6, 6.07) is 7.07. The molecule has 1 heterocycles. The number of nitrogens with zero attached hydrogens (tertiary/aromatic N) is 5. The molecule has 3 aromatic rings. The van der Waals surface area contributed by atoms with Gasteiger partial charge in [-0.05, 0) is 32.0 Å². The number of halogens is 5. The molecule has 1 atom stereocenters. The summed E-state index contributed by atoms with van der Waals surface area (Å²) >= 11 is 6.13. The molecule has 0 aliphatic carbocycles. The highest BCUT2D eigenvalue weighted by molar-refractivity contribution is 6.31. The Labute approximate surface area is 209 Å². The predicted molar refractivity (Wildman–Crippen MR) is 128 cm³/mol. The molecular weight excluding hydrogens is 506 g/mol. The summed E-state index contributed by atoms with van der Waals surface area (Å²) in [4.78, 5) is 12.4. The molecule has 0 aliphatic heterocycles. The fraction of sp³-hybridized carbons (Fsp3) is 0.348.